The van der Waals surface area contributed by atoms with Gasteiger partial charge in [-0.05, 0) is 54.6 Å². The van der Waals surface area contributed by atoms with E-state index in [0.29, 0.717) is 28.3 Å². The molecule has 0 aliphatic rings. The van der Waals surface area contributed by atoms with Gasteiger partial charge in [0.25, 0.3) is 5.91 Å². The summed E-state index contributed by atoms with van der Waals surface area (Å²) in [4.78, 5) is 16.7. The van der Waals surface area contributed by atoms with E-state index in [-0.39, 0.29) is 11.9 Å². The van der Waals surface area contributed by atoms with Gasteiger partial charge >= 0.3 is 6.01 Å². The fourth-order valence-corrected chi connectivity index (χ4v) is 2.89. The van der Waals surface area contributed by atoms with Gasteiger partial charge in [0.15, 0.2) is 5.82 Å². The average molecular weight is 406 g/mol. The molecule has 0 fully saturated rings. The van der Waals surface area contributed by atoms with E-state index in [0.717, 1.165) is 0 Å². The van der Waals surface area contributed by atoms with Crippen LogP contribution >= 0.6 is 0 Å². The second-order valence-electron chi connectivity index (χ2n) is 6.36. The molecule has 0 spiro atoms. The number of aromatic nitrogens is 3. The Morgan fingerprint density at radius 1 is 0.967 bits per heavy atom. The molecule has 0 saturated carbocycles. The molecule has 30 heavy (non-hydrogen) atoms. The highest BCUT2D eigenvalue weighted by Crippen LogP contribution is 2.25. The minimum absolute atomic E-state index is 0.120. The Bertz CT molecular complexity index is 1210. The van der Waals surface area contributed by atoms with E-state index < -0.39 is 11.6 Å². The van der Waals surface area contributed by atoms with Crippen LogP contribution in [0.15, 0.2) is 72.8 Å². The fourth-order valence-electron chi connectivity index (χ4n) is 2.89. The van der Waals surface area contributed by atoms with Crippen molar-refractivity contribution in [2.24, 2.45) is 0 Å². The Morgan fingerprint density at radius 3 is 2.47 bits per heavy atom. The molecule has 1 heterocycles. The van der Waals surface area contributed by atoms with Gasteiger partial charge in [0.05, 0.1) is 12.8 Å². The molecule has 4 rings (SSSR count). The van der Waals surface area contributed by atoms with Crippen molar-refractivity contribution < 1.29 is 18.3 Å². The molecule has 1 aromatic heterocycles. The number of nitrogens with zero attached hydrogens (tertiary/aromatic N) is 3. The Kier molecular flexibility index (Phi) is 5.21. The van der Waals surface area contributed by atoms with Crippen LogP contribution in [0.3, 0.4) is 0 Å². The molecule has 1 amide bonds. The molecule has 8 heteroatoms. The topological polar surface area (TPSA) is 69.0 Å². The first-order valence-electron chi connectivity index (χ1n) is 8.98. The number of halogens is 2. The summed E-state index contributed by atoms with van der Waals surface area (Å²) in [5, 5.41) is 7.06. The van der Waals surface area contributed by atoms with Crippen LogP contribution in [0.2, 0.25) is 0 Å². The number of benzene rings is 3. The summed E-state index contributed by atoms with van der Waals surface area (Å²) in [5.41, 5.74) is 1.93. The molecule has 0 saturated heterocycles. The lowest BCUT2D eigenvalue weighted by molar-refractivity contribution is 0.102. The van der Waals surface area contributed by atoms with Crippen LogP contribution in [0.25, 0.3) is 17.1 Å². The molecule has 0 aliphatic heterocycles. The van der Waals surface area contributed by atoms with Crippen molar-refractivity contribution in [1.82, 2.24) is 14.8 Å². The highest BCUT2D eigenvalue weighted by atomic mass is 19.1. The number of hydrogen-bond donors (Lipinski definition) is 1. The van der Waals surface area contributed by atoms with E-state index in [9.17, 15) is 13.6 Å². The minimum atomic E-state index is -0.418. The van der Waals surface area contributed by atoms with Crippen LogP contribution in [0.5, 0.6) is 6.01 Å². The van der Waals surface area contributed by atoms with Gasteiger partial charge in [-0.25, -0.2) is 13.5 Å². The van der Waals surface area contributed by atoms with Crippen LogP contribution in [-0.2, 0) is 0 Å². The smallest absolute Gasteiger partial charge is 0.336 e. The van der Waals surface area contributed by atoms with E-state index in [1.807, 2.05) is 0 Å². The molecule has 1 N–H and O–H groups in total. The maximum absolute atomic E-state index is 13.7. The normalized spacial score (nSPS) is 10.6. The summed E-state index contributed by atoms with van der Waals surface area (Å²) < 4.78 is 33.4. The lowest BCUT2D eigenvalue weighted by Crippen LogP contribution is -2.12. The van der Waals surface area contributed by atoms with Gasteiger partial charge in [-0.2, -0.15) is 4.98 Å². The van der Waals surface area contributed by atoms with Crippen molar-refractivity contribution in [2.45, 2.75) is 0 Å². The molecule has 0 aliphatic carbocycles. The molecule has 150 valence electrons. The third-order valence-corrected chi connectivity index (χ3v) is 4.31. The predicted octanol–water partition coefficient (Wildman–Crippen LogP) is 4.47. The molecule has 0 radical (unpaired) electrons. The Labute approximate surface area is 170 Å². The number of carbonyl (C=O) groups is 1. The number of carbonyl (C=O) groups excluding carboxylic acids is 1. The summed E-state index contributed by atoms with van der Waals surface area (Å²) >= 11 is 0. The molecule has 4 aromatic rings. The van der Waals surface area contributed by atoms with E-state index >= 15 is 0 Å². The zero-order valence-corrected chi connectivity index (χ0v) is 15.8. The fraction of sp³-hybridized carbons (Fsp3) is 0.0455. The number of amides is 1. The number of methoxy groups -OCH3 is 1. The van der Waals surface area contributed by atoms with Gasteiger partial charge in [-0.3, -0.25) is 4.79 Å². The predicted molar refractivity (Wildman–Crippen MR) is 108 cm³/mol. The van der Waals surface area contributed by atoms with Crippen molar-refractivity contribution in [3.63, 3.8) is 0 Å². The number of hydrogen-bond acceptors (Lipinski definition) is 4. The summed E-state index contributed by atoms with van der Waals surface area (Å²) in [6.07, 6.45) is 0. The zero-order valence-electron chi connectivity index (χ0n) is 15.8. The second kappa shape index (κ2) is 8.12. The standard InChI is InChI=1S/C22H16F2N4O2/c1-30-22-26-20(15-4-2-5-17(24)12-15)28(27-22)19-7-3-6-18(13-19)25-21(29)14-8-10-16(23)11-9-14/h2-13H,1H3,(H,25,29). The summed E-state index contributed by atoms with van der Waals surface area (Å²) in [5.74, 6) is -0.818. The van der Waals surface area contributed by atoms with E-state index in [1.165, 1.54) is 48.2 Å². The van der Waals surface area contributed by atoms with Crippen LogP contribution in [0.1, 0.15) is 10.4 Å². The maximum Gasteiger partial charge on any atom is 0.336 e. The third-order valence-electron chi connectivity index (χ3n) is 4.31. The van der Waals surface area contributed by atoms with Gasteiger partial charge in [-0.1, -0.05) is 18.2 Å². The molecule has 6 nitrogen and oxygen atoms in total. The van der Waals surface area contributed by atoms with E-state index in [2.05, 4.69) is 15.4 Å². The Hall–Kier alpha value is -4.07. The van der Waals surface area contributed by atoms with Gasteiger partial charge in [0.1, 0.15) is 11.6 Å². The Balaban J connectivity index is 1.68. The summed E-state index contributed by atoms with van der Waals surface area (Å²) in [6, 6.07) is 18.2. The first-order chi connectivity index (χ1) is 14.5. The number of ether oxygens (including phenoxy) is 1. The first kappa shape index (κ1) is 19.3. The molecule has 3 aromatic carbocycles. The molecule has 0 unspecified atom stereocenters. The van der Waals surface area contributed by atoms with Crippen molar-refractivity contribution in [3.8, 4) is 23.1 Å². The summed E-state index contributed by atoms with van der Waals surface area (Å²) in [7, 11) is 1.44. The van der Waals surface area contributed by atoms with Crippen molar-refractivity contribution in [2.75, 3.05) is 12.4 Å². The quantitative estimate of drug-likeness (QED) is 0.531. The van der Waals surface area contributed by atoms with Crippen LogP contribution in [0.4, 0.5) is 14.5 Å². The number of nitrogens with one attached hydrogen (secondary N) is 1. The maximum atomic E-state index is 13.7. The van der Waals surface area contributed by atoms with E-state index in [1.54, 1.807) is 36.4 Å². The Morgan fingerprint density at radius 2 is 1.73 bits per heavy atom. The third kappa shape index (κ3) is 4.02. The lowest BCUT2D eigenvalue weighted by Gasteiger charge is -2.09. The van der Waals surface area contributed by atoms with Crippen molar-refractivity contribution in [3.05, 3.63) is 90.0 Å². The zero-order chi connectivity index (χ0) is 21.1. The summed E-state index contributed by atoms with van der Waals surface area (Å²) in [6.45, 7) is 0. The largest absolute Gasteiger partial charge is 0.466 e. The first-order valence-corrected chi connectivity index (χ1v) is 8.98. The van der Waals surface area contributed by atoms with Crippen LogP contribution < -0.4 is 10.1 Å². The van der Waals surface area contributed by atoms with Crippen LogP contribution in [-0.4, -0.2) is 27.8 Å². The van der Waals surface area contributed by atoms with Gasteiger partial charge in [0.2, 0.25) is 0 Å². The highest BCUT2D eigenvalue weighted by molar-refractivity contribution is 6.04. The van der Waals surface area contributed by atoms with Crippen LogP contribution in [0, 0.1) is 11.6 Å². The van der Waals surface area contributed by atoms with Gasteiger partial charge in [0, 0.05) is 16.8 Å². The highest BCUT2D eigenvalue weighted by Gasteiger charge is 2.15. The molecule has 0 atom stereocenters. The lowest BCUT2D eigenvalue weighted by atomic mass is 10.2. The van der Waals surface area contributed by atoms with Crippen molar-refractivity contribution in [1.29, 1.82) is 0 Å². The molecule has 0 bridgehead atoms. The van der Waals surface area contributed by atoms with Gasteiger partial charge in [-0.15, -0.1) is 5.10 Å². The average Bonchev–Trinajstić information content (AvgIpc) is 3.19. The van der Waals surface area contributed by atoms with E-state index in [4.69, 9.17) is 4.74 Å². The minimum Gasteiger partial charge on any atom is -0.466 e. The van der Waals surface area contributed by atoms with Gasteiger partial charge < -0.3 is 10.1 Å². The second-order valence-corrected chi connectivity index (χ2v) is 6.36. The number of rotatable bonds is 5. The molecular weight excluding hydrogens is 390 g/mol. The van der Waals surface area contributed by atoms with Crippen molar-refractivity contribution >= 4 is 11.6 Å². The number of anilines is 1. The monoisotopic (exact) mass is 406 g/mol. The SMILES string of the molecule is COc1nc(-c2cccc(F)c2)n(-c2cccc(NC(=O)c3ccc(F)cc3)c2)n1. The molecular formula is C22H16F2N4O2.